The molecular formula is C37H27Cl2F3N4O6. The number of anilines is 2. The van der Waals surface area contributed by atoms with Crippen molar-refractivity contribution in [2.45, 2.75) is 37.0 Å². The van der Waals surface area contributed by atoms with Crippen LogP contribution in [0.4, 0.5) is 24.7 Å². The van der Waals surface area contributed by atoms with Gasteiger partial charge in [-0.05, 0) is 66.8 Å². The summed E-state index contributed by atoms with van der Waals surface area (Å²) in [5.74, 6) is -6.83. The van der Waals surface area contributed by atoms with Crippen LogP contribution in [-0.2, 0) is 37.4 Å². The molecule has 0 unspecified atom stereocenters. The van der Waals surface area contributed by atoms with Crippen LogP contribution in [0.3, 0.4) is 0 Å². The van der Waals surface area contributed by atoms with Gasteiger partial charge in [0.2, 0.25) is 11.8 Å². The van der Waals surface area contributed by atoms with Gasteiger partial charge in [0.1, 0.15) is 23.5 Å². The van der Waals surface area contributed by atoms with E-state index in [1.807, 2.05) is 6.08 Å². The first kappa shape index (κ1) is 34.1. The number of hydrogen-bond donors (Lipinski definition) is 2. The Morgan fingerprint density at radius 3 is 2.33 bits per heavy atom. The highest BCUT2D eigenvalue weighted by atomic mass is 35.5. The van der Waals surface area contributed by atoms with Crippen molar-refractivity contribution in [1.29, 1.82) is 0 Å². The van der Waals surface area contributed by atoms with Gasteiger partial charge in [0, 0.05) is 11.2 Å². The highest BCUT2D eigenvalue weighted by Crippen LogP contribution is 2.64. The first-order valence-electron chi connectivity index (χ1n) is 16.3. The number of hydrogen-bond acceptors (Lipinski definition) is 8. The van der Waals surface area contributed by atoms with E-state index in [-0.39, 0.29) is 36.1 Å². The fourth-order valence-electron chi connectivity index (χ4n) is 8.56. The maximum Gasteiger partial charge on any atom is 0.417 e. The molecule has 0 bridgehead atoms. The molecular weight excluding hydrogens is 724 g/mol. The number of rotatable bonds is 6. The summed E-state index contributed by atoms with van der Waals surface area (Å²) in [6.45, 7) is -0.463. The molecule has 15 heteroatoms. The molecule has 4 heterocycles. The minimum Gasteiger partial charge on any atom is -0.463 e. The van der Waals surface area contributed by atoms with Gasteiger partial charge in [0.25, 0.3) is 11.8 Å². The topological polar surface area (TPSA) is 133 Å². The molecule has 8 rings (SSSR count). The summed E-state index contributed by atoms with van der Waals surface area (Å²) in [5, 5.41) is 10.5. The SMILES string of the molecule is O=C1[C@@H]2C[C@@H]3C(=CC[C@@H]4C(=O)N(c5ccccc5)C(=O)[C@@H]43)[C@H](c3ccc(CO)o3)[C@]2(c2ccc(Cl)cc2)C(=O)N1Nc1ncc(C(F)(F)F)cc1Cl. The van der Waals surface area contributed by atoms with Crippen LogP contribution in [0.15, 0.2) is 95.1 Å². The highest BCUT2D eigenvalue weighted by molar-refractivity contribution is 6.33. The van der Waals surface area contributed by atoms with Crippen LogP contribution in [0.2, 0.25) is 10.0 Å². The quantitative estimate of drug-likeness (QED) is 0.165. The monoisotopic (exact) mass is 750 g/mol. The third-order valence-corrected chi connectivity index (χ3v) is 11.2. The lowest BCUT2D eigenvalue weighted by molar-refractivity contribution is -0.139. The Morgan fingerprint density at radius 2 is 1.67 bits per heavy atom. The van der Waals surface area contributed by atoms with Crippen LogP contribution in [0.1, 0.15) is 41.4 Å². The Morgan fingerprint density at radius 1 is 0.942 bits per heavy atom. The predicted octanol–water partition coefficient (Wildman–Crippen LogP) is 6.68. The largest absolute Gasteiger partial charge is 0.463 e. The fourth-order valence-corrected chi connectivity index (χ4v) is 8.89. The second kappa shape index (κ2) is 12.3. The van der Waals surface area contributed by atoms with E-state index in [2.05, 4.69) is 10.4 Å². The van der Waals surface area contributed by atoms with Gasteiger partial charge in [0.15, 0.2) is 5.82 Å². The van der Waals surface area contributed by atoms with Crippen LogP contribution in [0.5, 0.6) is 0 Å². The Kier molecular flexibility index (Phi) is 8.08. The number of halogens is 5. The maximum absolute atomic E-state index is 15.1. The fraction of sp³-hybridized carbons (Fsp3) is 0.270. The molecule has 0 radical (unpaired) electrons. The lowest BCUT2D eigenvalue weighted by atomic mass is 9.50. The number of para-hydroxylation sites is 1. The van der Waals surface area contributed by atoms with Gasteiger partial charge < -0.3 is 9.52 Å². The van der Waals surface area contributed by atoms with E-state index in [0.717, 1.165) is 0 Å². The first-order chi connectivity index (χ1) is 24.9. The van der Waals surface area contributed by atoms with Crippen LogP contribution in [-0.4, -0.2) is 38.7 Å². The summed E-state index contributed by atoms with van der Waals surface area (Å²) < 4.78 is 46.4. The van der Waals surface area contributed by atoms with E-state index in [1.54, 1.807) is 66.7 Å². The molecule has 4 amide bonds. The Balaban J connectivity index is 1.30. The van der Waals surface area contributed by atoms with E-state index in [0.29, 0.717) is 39.1 Å². The molecule has 2 saturated heterocycles. The Hall–Kier alpha value is -4.98. The number of allylic oxidation sites excluding steroid dienone is 2. The molecule has 52 heavy (non-hydrogen) atoms. The molecule has 2 aliphatic carbocycles. The van der Waals surface area contributed by atoms with Gasteiger partial charge in [-0.25, -0.2) is 4.98 Å². The number of aliphatic hydroxyl groups excluding tert-OH is 1. The number of imide groups is 2. The van der Waals surface area contributed by atoms with E-state index in [4.69, 9.17) is 27.6 Å². The summed E-state index contributed by atoms with van der Waals surface area (Å²) in [5.41, 5.74) is 1.11. The van der Waals surface area contributed by atoms with Gasteiger partial charge in [-0.1, -0.05) is 65.2 Å². The third kappa shape index (κ3) is 5.01. The molecule has 2 aromatic heterocycles. The summed E-state index contributed by atoms with van der Waals surface area (Å²) in [6, 6.07) is 18.7. The Bertz CT molecular complexity index is 2180. The number of carbonyl (C=O) groups excluding carboxylic acids is 4. The van der Waals surface area contributed by atoms with Crippen LogP contribution in [0.25, 0.3) is 0 Å². The second-order valence-corrected chi connectivity index (χ2v) is 14.1. The minimum atomic E-state index is -4.75. The minimum absolute atomic E-state index is 0.0434. The van der Waals surface area contributed by atoms with Crippen molar-refractivity contribution in [3.63, 3.8) is 0 Å². The number of furan rings is 1. The summed E-state index contributed by atoms with van der Waals surface area (Å²) in [4.78, 5) is 62.9. The first-order valence-corrected chi connectivity index (χ1v) is 17.1. The van der Waals surface area contributed by atoms with Crippen molar-refractivity contribution in [3.8, 4) is 0 Å². The van der Waals surface area contributed by atoms with Crippen molar-refractivity contribution in [1.82, 2.24) is 9.99 Å². The van der Waals surface area contributed by atoms with Crippen molar-refractivity contribution in [2.24, 2.45) is 23.7 Å². The number of aliphatic hydroxyl groups is 1. The maximum atomic E-state index is 15.1. The normalized spacial score (nSPS) is 27.0. The van der Waals surface area contributed by atoms with Gasteiger partial charge in [-0.2, -0.15) is 18.2 Å². The lowest BCUT2D eigenvalue weighted by Gasteiger charge is -2.49. The number of benzene rings is 2. The van der Waals surface area contributed by atoms with Crippen molar-refractivity contribution >= 4 is 58.3 Å². The average Bonchev–Trinajstić information content (AvgIpc) is 3.77. The summed E-state index contributed by atoms with van der Waals surface area (Å²) in [7, 11) is 0. The zero-order chi connectivity index (χ0) is 36.7. The number of nitrogens with zero attached hydrogens (tertiary/aromatic N) is 3. The molecule has 10 nitrogen and oxygen atoms in total. The molecule has 2 aromatic carbocycles. The van der Waals surface area contributed by atoms with Gasteiger partial charge in [-0.15, -0.1) is 0 Å². The smallest absolute Gasteiger partial charge is 0.417 e. The van der Waals surface area contributed by atoms with Crippen molar-refractivity contribution in [2.75, 3.05) is 10.3 Å². The molecule has 6 atom stereocenters. The molecule has 1 saturated carbocycles. The van der Waals surface area contributed by atoms with Gasteiger partial charge >= 0.3 is 6.18 Å². The van der Waals surface area contributed by atoms with E-state index >= 15 is 4.79 Å². The number of amides is 4. The number of hydrazine groups is 1. The Labute approximate surface area is 303 Å². The predicted molar refractivity (Wildman–Crippen MR) is 180 cm³/mol. The summed E-state index contributed by atoms with van der Waals surface area (Å²) >= 11 is 12.5. The molecule has 266 valence electrons. The average molecular weight is 752 g/mol. The van der Waals surface area contributed by atoms with Gasteiger partial charge in [-0.3, -0.25) is 29.5 Å². The molecule has 3 fully saturated rings. The molecule has 4 aliphatic rings. The van der Waals surface area contributed by atoms with Crippen LogP contribution < -0.4 is 10.3 Å². The standard InChI is InChI=1S/C37H27Cl2F3N4O6/c38-20-8-6-18(7-9-20)36-26(33(49)46(35(36)51)44-31-27(39)14-19(16-43-31)37(40,41)42)15-25-23(30(36)28-13-10-22(17-47)52-28)11-12-24-29(25)34(50)45(32(24)48)21-4-2-1-3-5-21/h1-11,13-14,16,24-26,29-30,47H,12,15,17H2,(H,43,44)/t24-,25+,26-,29-,30+,36+/m0/s1. The number of aromatic nitrogens is 1. The summed E-state index contributed by atoms with van der Waals surface area (Å²) in [6.07, 6.45) is -2.25. The lowest BCUT2D eigenvalue weighted by Crippen LogP contribution is -2.53. The van der Waals surface area contributed by atoms with Gasteiger partial charge in [0.05, 0.1) is 39.9 Å². The number of carbonyl (C=O) groups is 4. The van der Waals surface area contributed by atoms with Crippen molar-refractivity contribution in [3.05, 3.63) is 123 Å². The van der Waals surface area contributed by atoms with Crippen molar-refractivity contribution < 1.29 is 41.9 Å². The number of alkyl halides is 3. The molecule has 2 aliphatic heterocycles. The van der Waals surface area contributed by atoms with E-state index in [1.165, 1.54) is 4.90 Å². The molecule has 4 aromatic rings. The highest BCUT2D eigenvalue weighted by Gasteiger charge is 2.71. The molecule has 0 spiro atoms. The molecule has 2 N–H and O–H groups in total. The third-order valence-electron chi connectivity index (χ3n) is 10.7. The number of fused-ring (bicyclic) bond motifs is 4. The number of pyridine rings is 1. The zero-order valence-corrected chi connectivity index (χ0v) is 28.3. The second-order valence-electron chi connectivity index (χ2n) is 13.2. The van der Waals surface area contributed by atoms with E-state index in [9.17, 15) is 32.7 Å². The van der Waals surface area contributed by atoms with Crippen LogP contribution in [0, 0.1) is 23.7 Å². The zero-order valence-electron chi connectivity index (χ0n) is 26.8. The van der Waals surface area contributed by atoms with Crippen LogP contribution >= 0.6 is 23.2 Å². The van der Waals surface area contributed by atoms with E-state index < -0.39 is 76.1 Å². The number of nitrogens with one attached hydrogen (secondary N) is 1.